The zero-order valence-corrected chi connectivity index (χ0v) is 46.5. The monoisotopic (exact) mass is 975 g/mol. The summed E-state index contributed by atoms with van der Waals surface area (Å²) in [5, 5.41) is 0. The average Bonchev–Trinajstić information content (AvgIpc) is 3.36. The van der Waals surface area contributed by atoms with Crippen molar-refractivity contribution in [3.63, 3.8) is 0 Å². The Bertz CT molecular complexity index is 1290. The molecule has 0 aliphatic heterocycles. The van der Waals surface area contributed by atoms with Crippen LogP contribution in [0.4, 0.5) is 0 Å². The topological polar surface area (TPSA) is 61.8 Å². The van der Waals surface area contributed by atoms with Crippen molar-refractivity contribution in [1.82, 2.24) is 0 Å². The molecule has 0 aromatic heterocycles. The Labute approximate surface area is 435 Å². The number of ether oxygens (including phenoxy) is 3. The van der Waals surface area contributed by atoms with Crippen molar-refractivity contribution in [2.24, 2.45) is 0 Å². The molecule has 0 aliphatic carbocycles. The van der Waals surface area contributed by atoms with E-state index in [9.17, 15) is 9.59 Å². The van der Waals surface area contributed by atoms with E-state index in [4.69, 9.17) is 14.2 Å². The summed E-state index contributed by atoms with van der Waals surface area (Å²) >= 11 is 0. The highest BCUT2D eigenvalue weighted by atomic mass is 16.6. The van der Waals surface area contributed by atoms with Gasteiger partial charge in [0.2, 0.25) is 0 Å². The van der Waals surface area contributed by atoms with Crippen molar-refractivity contribution >= 4 is 11.9 Å². The molecular formula is C65H114O5. The number of carbonyl (C=O) groups is 2. The fourth-order valence-electron chi connectivity index (χ4n) is 8.41. The van der Waals surface area contributed by atoms with E-state index in [2.05, 4.69) is 106 Å². The number of hydrogen-bond acceptors (Lipinski definition) is 5. The lowest BCUT2D eigenvalue weighted by atomic mass is 10.1. The van der Waals surface area contributed by atoms with Crippen LogP contribution >= 0.6 is 0 Å². The predicted octanol–water partition coefficient (Wildman–Crippen LogP) is 20.8. The zero-order valence-electron chi connectivity index (χ0n) is 46.5. The van der Waals surface area contributed by atoms with Crippen molar-refractivity contribution < 1.29 is 23.8 Å². The summed E-state index contributed by atoms with van der Waals surface area (Å²) in [7, 11) is 0. The van der Waals surface area contributed by atoms with Gasteiger partial charge in [-0.2, -0.15) is 0 Å². The van der Waals surface area contributed by atoms with Gasteiger partial charge < -0.3 is 14.2 Å². The van der Waals surface area contributed by atoms with Gasteiger partial charge in [0.25, 0.3) is 0 Å². The van der Waals surface area contributed by atoms with Gasteiger partial charge in [-0.25, -0.2) is 0 Å². The lowest BCUT2D eigenvalue weighted by Gasteiger charge is -2.18. The lowest BCUT2D eigenvalue weighted by Crippen LogP contribution is -2.30. The Morgan fingerprint density at radius 3 is 1.04 bits per heavy atom. The lowest BCUT2D eigenvalue weighted by molar-refractivity contribution is -0.163. The summed E-state index contributed by atoms with van der Waals surface area (Å²) in [5.41, 5.74) is 0. The highest BCUT2D eigenvalue weighted by Crippen LogP contribution is 2.15. The Hall–Kier alpha value is -2.92. The third-order valence-electron chi connectivity index (χ3n) is 12.9. The van der Waals surface area contributed by atoms with E-state index >= 15 is 0 Å². The molecule has 0 radical (unpaired) electrons. The fourth-order valence-corrected chi connectivity index (χ4v) is 8.41. The van der Waals surface area contributed by atoms with E-state index in [1.54, 1.807) is 0 Å². The van der Waals surface area contributed by atoms with Gasteiger partial charge in [0, 0.05) is 19.4 Å². The second kappa shape index (κ2) is 60.4. The van der Waals surface area contributed by atoms with Crippen molar-refractivity contribution in [1.29, 1.82) is 0 Å². The Morgan fingerprint density at radius 2 is 0.643 bits per heavy atom. The Morgan fingerprint density at radius 1 is 0.329 bits per heavy atom. The number of carbonyl (C=O) groups excluding carboxylic acids is 2. The molecular weight excluding hydrogens is 861 g/mol. The molecule has 404 valence electrons. The molecule has 5 heteroatoms. The maximum Gasteiger partial charge on any atom is 0.306 e. The van der Waals surface area contributed by atoms with Crippen LogP contribution in [0.5, 0.6) is 0 Å². The van der Waals surface area contributed by atoms with Gasteiger partial charge in [-0.15, -0.1) is 0 Å². The quantitative estimate of drug-likeness (QED) is 0.0345. The number of esters is 2. The van der Waals surface area contributed by atoms with E-state index in [1.165, 1.54) is 167 Å². The van der Waals surface area contributed by atoms with Gasteiger partial charge in [-0.3, -0.25) is 9.59 Å². The van der Waals surface area contributed by atoms with Gasteiger partial charge in [-0.1, -0.05) is 247 Å². The molecule has 0 fully saturated rings. The molecule has 0 rings (SSSR count). The predicted molar refractivity (Wildman–Crippen MR) is 307 cm³/mol. The first kappa shape index (κ1) is 67.1. The molecule has 0 spiro atoms. The molecule has 0 aromatic carbocycles. The van der Waals surface area contributed by atoms with Crippen LogP contribution in [0.2, 0.25) is 0 Å². The normalized spacial score (nSPS) is 12.8. The second-order valence-electron chi connectivity index (χ2n) is 19.9. The molecule has 1 unspecified atom stereocenters. The van der Waals surface area contributed by atoms with Gasteiger partial charge in [-0.05, 0) is 116 Å². The Kier molecular flexibility index (Phi) is 57.9. The van der Waals surface area contributed by atoms with Crippen molar-refractivity contribution in [3.8, 4) is 0 Å². The van der Waals surface area contributed by atoms with E-state index in [1.807, 2.05) is 0 Å². The minimum atomic E-state index is -0.559. The molecule has 0 saturated heterocycles. The van der Waals surface area contributed by atoms with Crippen LogP contribution in [0, 0.1) is 0 Å². The van der Waals surface area contributed by atoms with E-state index in [-0.39, 0.29) is 25.2 Å². The number of unbranched alkanes of at least 4 members (excludes halogenated alkanes) is 30. The molecule has 0 N–H and O–H groups in total. The number of allylic oxidation sites excluding steroid dienone is 14. The van der Waals surface area contributed by atoms with Crippen molar-refractivity contribution in [2.45, 2.75) is 297 Å². The summed E-state index contributed by atoms with van der Waals surface area (Å²) in [6, 6.07) is 0. The highest BCUT2D eigenvalue weighted by molar-refractivity contribution is 5.70. The van der Waals surface area contributed by atoms with Gasteiger partial charge in [0.15, 0.2) is 6.10 Å². The maximum absolute atomic E-state index is 12.9. The van der Waals surface area contributed by atoms with Gasteiger partial charge in [0.1, 0.15) is 6.61 Å². The van der Waals surface area contributed by atoms with E-state index in [0.29, 0.717) is 19.4 Å². The van der Waals surface area contributed by atoms with Crippen LogP contribution in [0.15, 0.2) is 85.1 Å². The Balaban J connectivity index is 4.33. The smallest absolute Gasteiger partial charge is 0.306 e. The van der Waals surface area contributed by atoms with Crippen LogP contribution in [-0.4, -0.2) is 37.9 Å². The standard InChI is InChI=1S/C65H114O5/c1-4-7-10-13-16-19-22-25-28-30-32-34-36-39-42-45-48-51-54-57-60-68-61-63(70-65(67)59-56-53-50-47-44-41-37-27-24-21-18-15-12-9-6-3)62-69-64(66)58-55-52-49-46-43-40-38-35-33-31-29-26-23-20-17-14-11-8-5-2/h7,10,16,19,25-29,32,34,37,39,42,63H,4-6,8-9,11-15,17-18,20-24,30-31,33,35-36,38,40-41,43-62H2,1-3H3/b10-7-,19-16-,28-25-,29-26-,34-32-,37-27-,42-39-. The molecule has 70 heavy (non-hydrogen) atoms. The molecule has 5 nitrogen and oxygen atoms in total. The van der Waals surface area contributed by atoms with E-state index in [0.717, 1.165) is 89.9 Å². The molecule has 0 heterocycles. The van der Waals surface area contributed by atoms with E-state index < -0.39 is 6.10 Å². The molecule has 0 saturated carbocycles. The molecule has 0 aliphatic rings. The summed E-state index contributed by atoms with van der Waals surface area (Å²) in [4.78, 5) is 25.6. The molecule has 1 atom stereocenters. The fraction of sp³-hybridized carbons (Fsp3) is 0.754. The summed E-state index contributed by atoms with van der Waals surface area (Å²) in [5.74, 6) is -0.417. The number of hydrogen-bond donors (Lipinski definition) is 0. The van der Waals surface area contributed by atoms with Gasteiger partial charge in [0.05, 0.1) is 6.61 Å². The van der Waals surface area contributed by atoms with Crippen LogP contribution in [0.1, 0.15) is 290 Å². The first-order valence-corrected chi connectivity index (χ1v) is 30.1. The first-order valence-electron chi connectivity index (χ1n) is 30.1. The van der Waals surface area contributed by atoms with Crippen molar-refractivity contribution in [3.05, 3.63) is 85.1 Å². The molecule has 0 bridgehead atoms. The van der Waals surface area contributed by atoms with Crippen LogP contribution in [0.3, 0.4) is 0 Å². The minimum absolute atomic E-state index is 0.0686. The summed E-state index contributed by atoms with van der Waals surface area (Å²) in [6.07, 6.45) is 80.4. The summed E-state index contributed by atoms with van der Waals surface area (Å²) < 4.78 is 17.5. The zero-order chi connectivity index (χ0) is 50.6. The summed E-state index contributed by atoms with van der Waals surface area (Å²) in [6.45, 7) is 7.67. The third-order valence-corrected chi connectivity index (χ3v) is 12.9. The highest BCUT2D eigenvalue weighted by Gasteiger charge is 2.17. The van der Waals surface area contributed by atoms with Gasteiger partial charge >= 0.3 is 11.9 Å². The third kappa shape index (κ3) is 57.7. The second-order valence-corrected chi connectivity index (χ2v) is 19.9. The molecule has 0 aromatic rings. The SMILES string of the molecule is CC/C=C\C/C=C\C/C=C\C/C=C\C/C=C\CCCCCCOCC(COC(=O)CCCCCCCCCCC/C=C\CCCCCCCC)OC(=O)CCCCCCC/C=C\CCCCCCCC. The average molecular weight is 976 g/mol. The maximum atomic E-state index is 12.9. The molecule has 0 amide bonds. The largest absolute Gasteiger partial charge is 0.462 e. The van der Waals surface area contributed by atoms with Crippen LogP contribution in [-0.2, 0) is 23.8 Å². The van der Waals surface area contributed by atoms with Crippen molar-refractivity contribution in [2.75, 3.05) is 19.8 Å². The first-order chi connectivity index (χ1) is 34.6. The van der Waals surface area contributed by atoms with Crippen LogP contribution < -0.4 is 0 Å². The minimum Gasteiger partial charge on any atom is -0.462 e. The number of rotatable bonds is 55. The van der Waals surface area contributed by atoms with Crippen LogP contribution in [0.25, 0.3) is 0 Å².